The number of nitrogens with zero attached hydrogens (tertiary/aromatic N) is 3. The Kier molecular flexibility index (Phi) is 4.63. The number of hydrogen-bond donors (Lipinski definition) is 0. The van der Waals surface area contributed by atoms with E-state index in [9.17, 15) is 4.79 Å². The average molecular weight is 331 g/mol. The molecule has 1 amide bonds. The van der Waals surface area contributed by atoms with Crippen LogP contribution in [0.25, 0.3) is 0 Å². The number of aryl methyl sites for hydroxylation is 1. The minimum absolute atomic E-state index is 0.0835. The van der Waals surface area contributed by atoms with Crippen LogP contribution in [0.2, 0.25) is 0 Å². The topological polar surface area (TPSA) is 45.7 Å². The molecule has 122 valence electrons. The lowest BCUT2D eigenvalue weighted by Gasteiger charge is -2.32. The van der Waals surface area contributed by atoms with Crippen LogP contribution in [0.3, 0.4) is 0 Å². The van der Waals surface area contributed by atoms with Crippen LogP contribution in [0.15, 0.2) is 29.6 Å². The Labute approximate surface area is 140 Å². The Morgan fingerprint density at radius 1 is 1.43 bits per heavy atom. The van der Waals surface area contributed by atoms with Crippen LogP contribution in [-0.2, 0) is 4.74 Å². The largest absolute Gasteiger partial charge is 0.368 e. The first-order chi connectivity index (χ1) is 11.0. The lowest BCUT2D eigenvalue weighted by atomic mass is 10.1. The highest BCUT2D eigenvalue weighted by molar-refractivity contribution is 7.12. The lowest BCUT2D eigenvalue weighted by molar-refractivity contribution is -0.0245. The number of ether oxygens (including phenoxy) is 1. The van der Waals surface area contributed by atoms with Crippen LogP contribution >= 0.6 is 11.3 Å². The molecule has 0 aromatic carbocycles. The van der Waals surface area contributed by atoms with Crippen molar-refractivity contribution in [2.75, 3.05) is 38.7 Å². The van der Waals surface area contributed by atoms with Crippen molar-refractivity contribution in [3.63, 3.8) is 0 Å². The monoisotopic (exact) mass is 331 g/mol. The molecular weight excluding hydrogens is 310 g/mol. The summed E-state index contributed by atoms with van der Waals surface area (Å²) < 4.78 is 5.85. The maximum absolute atomic E-state index is 12.6. The standard InChI is InChI=1S/C17H21N3O2S/c1-12-9-15(23-11-12)17(21)20-7-8-22-14(10-20)13-5-4-6-16(18-13)19(2)3/h4-6,9,11,14H,7-8,10H2,1-3H3/t14-/m0/s1. The minimum atomic E-state index is -0.173. The molecule has 2 aromatic rings. The first kappa shape index (κ1) is 16.0. The van der Waals surface area contributed by atoms with E-state index in [0.29, 0.717) is 19.7 Å². The SMILES string of the molecule is Cc1csc(C(=O)N2CCO[C@H](c3cccc(N(C)C)n3)C2)c1. The molecule has 1 saturated heterocycles. The third-order valence-corrected chi connectivity index (χ3v) is 4.88. The van der Waals surface area contributed by atoms with Gasteiger partial charge in [-0.25, -0.2) is 4.98 Å². The van der Waals surface area contributed by atoms with E-state index in [1.807, 2.05) is 60.5 Å². The van der Waals surface area contributed by atoms with E-state index in [1.54, 1.807) is 0 Å². The highest BCUT2D eigenvalue weighted by Gasteiger charge is 2.27. The first-order valence-electron chi connectivity index (χ1n) is 7.65. The van der Waals surface area contributed by atoms with Crippen molar-refractivity contribution in [2.45, 2.75) is 13.0 Å². The number of pyridine rings is 1. The number of anilines is 1. The summed E-state index contributed by atoms with van der Waals surface area (Å²) in [5.41, 5.74) is 2.00. The summed E-state index contributed by atoms with van der Waals surface area (Å²) in [5.74, 6) is 0.976. The van der Waals surface area contributed by atoms with Crippen LogP contribution < -0.4 is 4.90 Å². The van der Waals surface area contributed by atoms with Gasteiger partial charge in [0.25, 0.3) is 5.91 Å². The van der Waals surface area contributed by atoms with E-state index in [0.717, 1.165) is 22.0 Å². The number of carbonyl (C=O) groups is 1. The summed E-state index contributed by atoms with van der Waals surface area (Å²) in [5, 5.41) is 2.01. The Hall–Kier alpha value is -1.92. The maximum atomic E-state index is 12.6. The molecule has 1 aliphatic rings. The van der Waals surface area contributed by atoms with Gasteiger partial charge in [-0.05, 0) is 36.1 Å². The molecule has 0 bridgehead atoms. The van der Waals surface area contributed by atoms with Crippen molar-refractivity contribution in [2.24, 2.45) is 0 Å². The number of aromatic nitrogens is 1. The fourth-order valence-electron chi connectivity index (χ4n) is 2.58. The number of amides is 1. The van der Waals surface area contributed by atoms with Gasteiger partial charge in [-0.1, -0.05) is 6.07 Å². The zero-order valence-corrected chi connectivity index (χ0v) is 14.5. The molecule has 6 heteroatoms. The summed E-state index contributed by atoms with van der Waals surface area (Å²) in [6, 6.07) is 7.84. The Bertz CT molecular complexity index is 699. The van der Waals surface area contributed by atoms with Crippen molar-refractivity contribution >= 4 is 23.1 Å². The molecule has 1 fully saturated rings. The molecule has 0 spiro atoms. The van der Waals surface area contributed by atoms with Gasteiger partial charge in [-0.2, -0.15) is 0 Å². The van der Waals surface area contributed by atoms with E-state index >= 15 is 0 Å². The van der Waals surface area contributed by atoms with E-state index in [4.69, 9.17) is 4.74 Å². The quantitative estimate of drug-likeness (QED) is 0.867. The van der Waals surface area contributed by atoms with Gasteiger partial charge in [0.1, 0.15) is 11.9 Å². The van der Waals surface area contributed by atoms with Gasteiger partial charge in [0.15, 0.2) is 0 Å². The van der Waals surface area contributed by atoms with Crippen LogP contribution in [0.5, 0.6) is 0 Å². The van der Waals surface area contributed by atoms with Crippen LogP contribution in [-0.4, -0.2) is 49.6 Å². The summed E-state index contributed by atoms with van der Waals surface area (Å²) in [6.07, 6.45) is -0.173. The normalized spacial score (nSPS) is 18.0. The second-order valence-electron chi connectivity index (χ2n) is 5.91. The first-order valence-corrected chi connectivity index (χ1v) is 8.53. The van der Waals surface area contributed by atoms with Crippen molar-refractivity contribution in [3.05, 3.63) is 45.8 Å². The predicted molar refractivity (Wildman–Crippen MR) is 92.2 cm³/mol. The second-order valence-corrected chi connectivity index (χ2v) is 6.83. The number of carbonyl (C=O) groups excluding carboxylic acids is 1. The summed E-state index contributed by atoms with van der Waals surface area (Å²) in [6.45, 7) is 3.71. The van der Waals surface area contributed by atoms with Gasteiger partial charge in [0, 0.05) is 20.6 Å². The Morgan fingerprint density at radius 2 is 2.26 bits per heavy atom. The lowest BCUT2D eigenvalue weighted by Crippen LogP contribution is -2.42. The maximum Gasteiger partial charge on any atom is 0.264 e. The third-order valence-electron chi connectivity index (χ3n) is 3.84. The molecule has 3 heterocycles. The number of hydrogen-bond acceptors (Lipinski definition) is 5. The second kappa shape index (κ2) is 6.68. The molecule has 23 heavy (non-hydrogen) atoms. The molecule has 0 aliphatic carbocycles. The Morgan fingerprint density at radius 3 is 2.96 bits per heavy atom. The van der Waals surface area contributed by atoms with Gasteiger partial charge in [-0.15, -0.1) is 11.3 Å². The molecule has 0 N–H and O–H groups in total. The minimum Gasteiger partial charge on any atom is -0.368 e. The summed E-state index contributed by atoms with van der Waals surface area (Å²) >= 11 is 1.50. The van der Waals surface area contributed by atoms with E-state index in [2.05, 4.69) is 4.98 Å². The molecule has 1 atom stereocenters. The molecule has 2 aromatic heterocycles. The zero-order chi connectivity index (χ0) is 16.4. The highest BCUT2D eigenvalue weighted by Crippen LogP contribution is 2.25. The number of thiophene rings is 1. The molecular formula is C17H21N3O2S. The van der Waals surface area contributed by atoms with Gasteiger partial charge in [0.2, 0.25) is 0 Å². The predicted octanol–water partition coefficient (Wildman–Crippen LogP) is 2.73. The van der Waals surface area contributed by atoms with E-state index in [1.165, 1.54) is 11.3 Å². The van der Waals surface area contributed by atoms with E-state index < -0.39 is 0 Å². The van der Waals surface area contributed by atoms with Crippen molar-refractivity contribution in [3.8, 4) is 0 Å². The van der Waals surface area contributed by atoms with Crippen LogP contribution in [0, 0.1) is 6.92 Å². The fraction of sp³-hybridized carbons (Fsp3) is 0.412. The van der Waals surface area contributed by atoms with Gasteiger partial charge in [0.05, 0.1) is 23.7 Å². The van der Waals surface area contributed by atoms with Gasteiger partial charge >= 0.3 is 0 Å². The zero-order valence-electron chi connectivity index (χ0n) is 13.7. The van der Waals surface area contributed by atoms with Crippen molar-refractivity contribution in [1.29, 1.82) is 0 Å². The third kappa shape index (κ3) is 3.54. The molecule has 0 saturated carbocycles. The molecule has 5 nitrogen and oxygen atoms in total. The highest BCUT2D eigenvalue weighted by atomic mass is 32.1. The number of rotatable bonds is 3. The summed E-state index contributed by atoms with van der Waals surface area (Å²) in [4.78, 5) is 21.9. The van der Waals surface area contributed by atoms with Crippen LogP contribution in [0.1, 0.15) is 27.0 Å². The molecule has 1 aliphatic heterocycles. The average Bonchev–Trinajstić information content (AvgIpc) is 3.01. The van der Waals surface area contributed by atoms with Crippen molar-refractivity contribution in [1.82, 2.24) is 9.88 Å². The number of morpholine rings is 1. The van der Waals surface area contributed by atoms with Gasteiger partial charge in [-0.3, -0.25) is 4.79 Å². The molecule has 0 radical (unpaired) electrons. The van der Waals surface area contributed by atoms with Gasteiger partial charge < -0.3 is 14.5 Å². The Balaban J connectivity index is 1.75. The fourth-order valence-corrected chi connectivity index (χ4v) is 3.44. The summed E-state index contributed by atoms with van der Waals surface area (Å²) in [7, 11) is 3.92. The van der Waals surface area contributed by atoms with Crippen molar-refractivity contribution < 1.29 is 9.53 Å². The van der Waals surface area contributed by atoms with E-state index in [-0.39, 0.29) is 12.0 Å². The smallest absolute Gasteiger partial charge is 0.264 e. The molecule has 3 rings (SSSR count). The molecule has 0 unspecified atom stereocenters. The van der Waals surface area contributed by atoms with Crippen LogP contribution in [0.4, 0.5) is 5.82 Å².